The lowest BCUT2D eigenvalue weighted by Gasteiger charge is -2.26. The Morgan fingerprint density at radius 3 is 2.54 bits per heavy atom. The van der Waals surface area contributed by atoms with Crippen molar-refractivity contribution in [2.75, 3.05) is 55.8 Å². The Balaban J connectivity index is 1.24. The minimum Gasteiger partial charge on any atom is -0.397 e. The van der Waals surface area contributed by atoms with E-state index in [1.807, 2.05) is 42.5 Å². The van der Waals surface area contributed by atoms with Crippen molar-refractivity contribution in [1.29, 1.82) is 0 Å². The average Bonchev–Trinajstić information content (AvgIpc) is 2.96. The molecule has 0 spiro atoms. The fourth-order valence-corrected chi connectivity index (χ4v) is 5.22. The van der Waals surface area contributed by atoms with Gasteiger partial charge in [0.1, 0.15) is 0 Å². The number of nitrogen functional groups attached to an aromatic ring is 1. The fraction of sp³-hybridized carbons (Fsp3) is 0.276. The summed E-state index contributed by atoms with van der Waals surface area (Å²) in [7, 11) is -3.59. The van der Waals surface area contributed by atoms with Crippen LogP contribution in [0.5, 0.6) is 0 Å². The highest BCUT2D eigenvalue weighted by molar-refractivity contribution is 7.89. The number of amides is 1. The number of nitrogens with two attached hydrogens (primary N) is 1. The van der Waals surface area contributed by atoms with Gasteiger partial charge in [0.25, 0.3) is 0 Å². The molecule has 9 nitrogen and oxygen atoms in total. The van der Waals surface area contributed by atoms with Crippen LogP contribution in [0.4, 0.5) is 17.1 Å². The predicted octanol–water partition coefficient (Wildman–Crippen LogP) is 3.53. The van der Waals surface area contributed by atoms with Crippen LogP contribution in [0.25, 0.3) is 6.08 Å². The van der Waals surface area contributed by atoms with E-state index in [1.54, 1.807) is 36.4 Å². The summed E-state index contributed by atoms with van der Waals surface area (Å²) < 4.78 is 33.6. The van der Waals surface area contributed by atoms with E-state index >= 15 is 0 Å². The highest BCUT2D eigenvalue weighted by atomic mass is 32.2. The first-order valence-electron chi connectivity index (χ1n) is 13.0. The first kappa shape index (κ1) is 28.3. The van der Waals surface area contributed by atoms with E-state index in [0.717, 1.165) is 50.4 Å². The van der Waals surface area contributed by atoms with Gasteiger partial charge >= 0.3 is 0 Å². The lowest BCUT2D eigenvalue weighted by Crippen LogP contribution is -2.38. The standard InChI is InChI=1S/C29H35N5O4S/c30-27-7-1-2-8-28(27)33-29(35)14-13-23-9-11-24(12-10-23)22-31-25-5-3-6-26(21-25)39(36,37)32-15-4-16-34-17-19-38-20-18-34/h1-3,5-14,21,31-32H,4,15-20,22,30H2,(H,33,35). The van der Waals surface area contributed by atoms with Crippen LogP contribution < -0.4 is 21.1 Å². The SMILES string of the molecule is Nc1ccccc1NC(=O)C=Cc1ccc(CNc2cccc(S(=O)(=O)NCCCN3CCOCC3)c2)cc1. The molecule has 3 aromatic carbocycles. The maximum Gasteiger partial charge on any atom is 0.248 e. The number of nitrogens with zero attached hydrogens (tertiary/aromatic N) is 1. The topological polar surface area (TPSA) is 126 Å². The summed E-state index contributed by atoms with van der Waals surface area (Å²) in [6, 6.07) is 21.6. The molecular weight excluding hydrogens is 514 g/mol. The summed E-state index contributed by atoms with van der Waals surface area (Å²) >= 11 is 0. The van der Waals surface area contributed by atoms with Crippen molar-refractivity contribution in [3.63, 3.8) is 0 Å². The summed E-state index contributed by atoms with van der Waals surface area (Å²) in [5, 5.41) is 6.04. The predicted molar refractivity (Wildman–Crippen MR) is 156 cm³/mol. The molecule has 3 aromatic rings. The second-order valence-corrected chi connectivity index (χ2v) is 11.0. The Morgan fingerprint density at radius 2 is 1.77 bits per heavy atom. The van der Waals surface area contributed by atoms with Gasteiger partial charge in [-0.2, -0.15) is 0 Å². The largest absolute Gasteiger partial charge is 0.397 e. The minimum atomic E-state index is -3.59. The van der Waals surface area contributed by atoms with Crippen LogP contribution in [0.2, 0.25) is 0 Å². The number of carbonyl (C=O) groups is 1. The summed E-state index contributed by atoms with van der Waals surface area (Å²) in [6.45, 7) is 5.00. The van der Waals surface area contributed by atoms with Gasteiger partial charge in [-0.3, -0.25) is 9.69 Å². The number of para-hydroxylation sites is 2. The number of benzene rings is 3. The lowest BCUT2D eigenvalue weighted by atomic mass is 10.1. The number of rotatable bonds is 12. The van der Waals surface area contributed by atoms with Gasteiger partial charge in [0.05, 0.1) is 29.5 Å². The van der Waals surface area contributed by atoms with E-state index in [9.17, 15) is 13.2 Å². The third-order valence-electron chi connectivity index (χ3n) is 6.31. The quantitative estimate of drug-likeness (QED) is 0.155. The normalized spacial score (nSPS) is 14.4. The molecule has 39 heavy (non-hydrogen) atoms. The van der Waals surface area contributed by atoms with Gasteiger partial charge in [-0.15, -0.1) is 0 Å². The molecular formula is C29H35N5O4S. The van der Waals surface area contributed by atoms with Crippen LogP contribution in [0.1, 0.15) is 17.5 Å². The average molecular weight is 550 g/mol. The summed E-state index contributed by atoms with van der Waals surface area (Å²) in [5.41, 5.74) is 9.55. The van der Waals surface area contributed by atoms with Gasteiger partial charge < -0.3 is 21.1 Å². The van der Waals surface area contributed by atoms with Gasteiger partial charge in [-0.05, 0) is 60.5 Å². The smallest absolute Gasteiger partial charge is 0.248 e. The Hall–Kier alpha value is -3.70. The zero-order valence-corrected chi connectivity index (χ0v) is 22.6. The molecule has 5 N–H and O–H groups in total. The molecule has 1 aliphatic rings. The second kappa shape index (κ2) is 13.9. The molecule has 206 valence electrons. The van der Waals surface area contributed by atoms with Crippen LogP contribution >= 0.6 is 0 Å². The van der Waals surface area contributed by atoms with Crippen LogP contribution in [0.3, 0.4) is 0 Å². The fourth-order valence-electron chi connectivity index (χ4n) is 4.10. The second-order valence-electron chi connectivity index (χ2n) is 9.24. The van der Waals surface area contributed by atoms with E-state index < -0.39 is 10.0 Å². The number of hydrogen-bond acceptors (Lipinski definition) is 7. The summed E-state index contributed by atoms with van der Waals surface area (Å²) in [6.07, 6.45) is 3.94. The number of nitrogens with one attached hydrogen (secondary N) is 3. The van der Waals surface area contributed by atoms with Gasteiger partial charge in [0.15, 0.2) is 0 Å². The van der Waals surface area contributed by atoms with Crippen molar-refractivity contribution < 1.29 is 17.9 Å². The number of anilines is 3. The van der Waals surface area contributed by atoms with Crippen molar-refractivity contribution in [3.05, 3.63) is 90.0 Å². The minimum absolute atomic E-state index is 0.231. The number of morpholine rings is 1. The van der Waals surface area contributed by atoms with E-state index in [2.05, 4.69) is 20.3 Å². The first-order valence-corrected chi connectivity index (χ1v) is 14.4. The van der Waals surface area contributed by atoms with E-state index in [1.165, 1.54) is 6.08 Å². The van der Waals surface area contributed by atoms with Crippen molar-refractivity contribution in [1.82, 2.24) is 9.62 Å². The number of sulfonamides is 1. The highest BCUT2D eigenvalue weighted by Crippen LogP contribution is 2.18. The number of carbonyl (C=O) groups excluding carboxylic acids is 1. The molecule has 1 amide bonds. The maximum atomic E-state index is 12.8. The molecule has 1 aliphatic heterocycles. The maximum absolute atomic E-state index is 12.8. The van der Waals surface area contributed by atoms with E-state index in [0.29, 0.717) is 30.2 Å². The van der Waals surface area contributed by atoms with Crippen molar-refractivity contribution >= 4 is 39.1 Å². The Morgan fingerprint density at radius 1 is 1.00 bits per heavy atom. The zero-order valence-electron chi connectivity index (χ0n) is 21.8. The molecule has 10 heteroatoms. The van der Waals surface area contributed by atoms with Crippen molar-refractivity contribution in [2.45, 2.75) is 17.9 Å². The van der Waals surface area contributed by atoms with Crippen LogP contribution in [0.15, 0.2) is 83.8 Å². The first-order chi connectivity index (χ1) is 18.9. The van der Waals surface area contributed by atoms with Gasteiger partial charge in [-0.1, -0.05) is 42.5 Å². The Bertz CT molecular complexity index is 1370. The van der Waals surface area contributed by atoms with Crippen LogP contribution in [-0.2, 0) is 26.1 Å². The van der Waals surface area contributed by atoms with Crippen molar-refractivity contribution in [2.24, 2.45) is 0 Å². The molecule has 0 saturated carbocycles. The summed E-state index contributed by atoms with van der Waals surface area (Å²) in [4.78, 5) is 14.7. The molecule has 0 radical (unpaired) electrons. The van der Waals surface area contributed by atoms with Crippen LogP contribution in [-0.4, -0.2) is 58.6 Å². The third-order valence-corrected chi connectivity index (χ3v) is 7.77. The Kier molecular flexibility index (Phi) is 10.1. The van der Waals surface area contributed by atoms with Gasteiger partial charge in [0, 0.05) is 37.9 Å². The van der Waals surface area contributed by atoms with Crippen LogP contribution in [0, 0.1) is 0 Å². The molecule has 0 unspecified atom stereocenters. The van der Waals surface area contributed by atoms with Gasteiger partial charge in [0.2, 0.25) is 15.9 Å². The molecule has 1 saturated heterocycles. The summed E-state index contributed by atoms with van der Waals surface area (Å²) in [5.74, 6) is -0.264. The van der Waals surface area contributed by atoms with Gasteiger partial charge in [-0.25, -0.2) is 13.1 Å². The molecule has 0 aliphatic carbocycles. The van der Waals surface area contributed by atoms with Crippen molar-refractivity contribution in [3.8, 4) is 0 Å². The molecule has 0 bridgehead atoms. The monoisotopic (exact) mass is 549 g/mol. The molecule has 1 heterocycles. The molecule has 1 fully saturated rings. The molecule has 0 atom stereocenters. The van der Waals surface area contributed by atoms with E-state index in [-0.39, 0.29) is 10.8 Å². The molecule has 4 rings (SSSR count). The number of ether oxygens (including phenoxy) is 1. The Labute approximate surface area is 230 Å². The lowest BCUT2D eigenvalue weighted by molar-refractivity contribution is -0.111. The molecule has 0 aromatic heterocycles. The number of hydrogen-bond donors (Lipinski definition) is 4. The zero-order chi connectivity index (χ0) is 27.5. The highest BCUT2D eigenvalue weighted by Gasteiger charge is 2.15. The third kappa shape index (κ3) is 8.93. The van der Waals surface area contributed by atoms with E-state index in [4.69, 9.17) is 10.5 Å².